The molecule has 0 spiro atoms. The molecular formula is C15H18BF3N2O. The van der Waals surface area contributed by atoms with Crippen LogP contribution in [0.25, 0.3) is 0 Å². The van der Waals surface area contributed by atoms with Crippen LogP contribution in [0.15, 0.2) is 30.9 Å². The van der Waals surface area contributed by atoms with Crippen molar-refractivity contribution in [1.82, 2.24) is 0 Å². The number of rotatable bonds is 4. The third-order valence-corrected chi connectivity index (χ3v) is 3.96. The van der Waals surface area contributed by atoms with E-state index < -0.39 is 11.8 Å². The van der Waals surface area contributed by atoms with Gasteiger partial charge in [0.05, 0.1) is 18.0 Å². The number of nitrogens with two attached hydrogens (primary N) is 1. The van der Waals surface area contributed by atoms with Crippen LogP contribution < -0.4 is 16.1 Å². The van der Waals surface area contributed by atoms with E-state index in [0.717, 1.165) is 0 Å². The summed E-state index contributed by atoms with van der Waals surface area (Å²) in [5.41, 5.74) is 5.47. The van der Waals surface area contributed by atoms with E-state index in [0.29, 0.717) is 16.8 Å². The molecule has 1 aromatic carbocycles. The number of hydrogen-bond donors (Lipinski definition) is 1. The number of nitrogens with zero attached hydrogens (tertiary/aromatic N) is 1. The van der Waals surface area contributed by atoms with Gasteiger partial charge in [0.25, 0.3) is 0 Å². The second kappa shape index (κ2) is 6.24. The van der Waals surface area contributed by atoms with Gasteiger partial charge in [0.15, 0.2) is 5.60 Å². The largest absolute Gasteiger partial charge is 0.417 e. The molecule has 22 heavy (non-hydrogen) atoms. The van der Waals surface area contributed by atoms with Crippen molar-refractivity contribution in [2.75, 3.05) is 30.3 Å². The van der Waals surface area contributed by atoms with Crippen molar-refractivity contribution in [3.8, 4) is 0 Å². The smallest absolute Gasteiger partial charge is 0.397 e. The maximum atomic E-state index is 13.4. The van der Waals surface area contributed by atoms with Crippen LogP contribution in [0.1, 0.15) is 12.8 Å². The van der Waals surface area contributed by atoms with Crippen LogP contribution in [-0.4, -0.2) is 39.3 Å². The van der Waals surface area contributed by atoms with E-state index in [-0.39, 0.29) is 32.5 Å². The molecule has 0 atom stereocenters. The summed E-state index contributed by atoms with van der Waals surface area (Å²) < 4.78 is 45.2. The average Bonchev–Trinajstić information content (AvgIpc) is 2.47. The van der Waals surface area contributed by atoms with Gasteiger partial charge in [-0.2, -0.15) is 13.2 Å². The molecule has 118 valence electrons. The standard InChI is InChI=1S/C15H18BF3N2O/c1-2-9-22-14(15(17,18)19)5-7-21(8-6-14)13-10-11(16)3-4-12(13)20/h2-4,10H,1,5-9,20H2. The molecule has 0 bridgehead atoms. The Kier molecular flexibility index (Phi) is 4.75. The Morgan fingerprint density at radius 1 is 1.36 bits per heavy atom. The first kappa shape index (κ1) is 16.7. The van der Waals surface area contributed by atoms with Crippen molar-refractivity contribution in [3.05, 3.63) is 30.9 Å². The number of alkyl halides is 3. The molecule has 2 rings (SSSR count). The Morgan fingerprint density at radius 2 is 2.00 bits per heavy atom. The molecule has 1 aromatic rings. The van der Waals surface area contributed by atoms with E-state index in [9.17, 15) is 13.2 Å². The lowest BCUT2D eigenvalue weighted by Crippen LogP contribution is -2.55. The van der Waals surface area contributed by atoms with E-state index in [1.165, 1.54) is 6.08 Å². The zero-order chi connectivity index (χ0) is 16.4. The molecule has 2 N–H and O–H groups in total. The molecule has 1 fully saturated rings. The summed E-state index contributed by atoms with van der Waals surface area (Å²) in [6, 6.07) is 5.00. The van der Waals surface area contributed by atoms with Gasteiger partial charge in [-0.25, -0.2) is 0 Å². The third-order valence-electron chi connectivity index (χ3n) is 3.96. The first-order valence-corrected chi connectivity index (χ1v) is 7.00. The maximum absolute atomic E-state index is 13.4. The monoisotopic (exact) mass is 310 g/mol. The van der Waals surface area contributed by atoms with E-state index in [2.05, 4.69) is 6.58 Å². The van der Waals surface area contributed by atoms with Gasteiger partial charge in [-0.3, -0.25) is 0 Å². The van der Waals surface area contributed by atoms with Crippen LogP contribution in [0.2, 0.25) is 0 Å². The maximum Gasteiger partial charge on any atom is 0.417 e. The minimum atomic E-state index is -4.41. The fraction of sp³-hybridized carbons (Fsp3) is 0.467. The summed E-state index contributed by atoms with van der Waals surface area (Å²) in [6.45, 7) is 3.68. The minimum Gasteiger partial charge on any atom is -0.397 e. The van der Waals surface area contributed by atoms with Crippen LogP contribution in [0.3, 0.4) is 0 Å². The van der Waals surface area contributed by atoms with Crippen molar-refractivity contribution in [1.29, 1.82) is 0 Å². The van der Waals surface area contributed by atoms with Crippen molar-refractivity contribution in [3.63, 3.8) is 0 Å². The highest BCUT2D eigenvalue weighted by Crippen LogP contribution is 2.42. The van der Waals surface area contributed by atoms with Gasteiger partial charge in [-0.05, 0) is 12.1 Å². The van der Waals surface area contributed by atoms with Gasteiger partial charge in [0.1, 0.15) is 7.85 Å². The predicted molar refractivity (Wildman–Crippen MR) is 82.6 cm³/mol. The van der Waals surface area contributed by atoms with Crippen molar-refractivity contribution < 1.29 is 17.9 Å². The lowest BCUT2D eigenvalue weighted by Gasteiger charge is -2.43. The van der Waals surface area contributed by atoms with E-state index in [1.54, 1.807) is 18.2 Å². The topological polar surface area (TPSA) is 38.5 Å². The number of halogens is 3. The van der Waals surface area contributed by atoms with Crippen LogP contribution in [0, 0.1) is 0 Å². The molecule has 1 saturated heterocycles. The Labute approximate surface area is 129 Å². The normalized spacial score (nSPS) is 18.2. The minimum absolute atomic E-state index is 0.125. The second-order valence-electron chi connectivity index (χ2n) is 5.40. The van der Waals surface area contributed by atoms with E-state index in [4.69, 9.17) is 18.3 Å². The fourth-order valence-electron chi connectivity index (χ4n) is 2.67. The number of nitrogen functional groups attached to an aromatic ring is 1. The molecule has 0 aliphatic carbocycles. The van der Waals surface area contributed by atoms with Gasteiger partial charge in [-0.15, -0.1) is 6.58 Å². The Bertz CT molecular complexity index is 540. The third kappa shape index (κ3) is 3.24. The molecule has 3 nitrogen and oxygen atoms in total. The summed E-state index contributed by atoms with van der Waals surface area (Å²) in [7, 11) is 5.72. The van der Waals surface area contributed by atoms with Gasteiger partial charge in [0, 0.05) is 25.9 Å². The predicted octanol–water partition coefficient (Wildman–Crippen LogP) is 2.17. The number of anilines is 2. The summed E-state index contributed by atoms with van der Waals surface area (Å²) in [6.07, 6.45) is -3.39. The van der Waals surface area contributed by atoms with Crippen LogP contribution >= 0.6 is 0 Å². The quantitative estimate of drug-likeness (QED) is 0.526. The average molecular weight is 310 g/mol. The van der Waals surface area contributed by atoms with Crippen LogP contribution in [-0.2, 0) is 4.74 Å². The van der Waals surface area contributed by atoms with Crippen LogP contribution in [0.5, 0.6) is 0 Å². The summed E-state index contributed by atoms with van der Waals surface area (Å²) in [5, 5.41) is 0. The molecule has 1 heterocycles. The summed E-state index contributed by atoms with van der Waals surface area (Å²) >= 11 is 0. The van der Waals surface area contributed by atoms with Crippen LogP contribution in [0.4, 0.5) is 24.5 Å². The molecule has 7 heteroatoms. The molecule has 1 aliphatic heterocycles. The summed E-state index contributed by atoms with van der Waals surface area (Å²) in [5.74, 6) is 0. The molecule has 0 aromatic heterocycles. The van der Waals surface area contributed by atoms with E-state index >= 15 is 0 Å². The highest BCUT2D eigenvalue weighted by Gasteiger charge is 2.56. The second-order valence-corrected chi connectivity index (χ2v) is 5.40. The number of benzene rings is 1. The molecule has 2 radical (unpaired) electrons. The first-order valence-electron chi connectivity index (χ1n) is 7.00. The summed E-state index contributed by atoms with van der Waals surface area (Å²) in [4.78, 5) is 1.81. The van der Waals surface area contributed by atoms with Gasteiger partial charge < -0.3 is 15.4 Å². The first-order chi connectivity index (χ1) is 10.3. The fourth-order valence-corrected chi connectivity index (χ4v) is 2.67. The zero-order valence-corrected chi connectivity index (χ0v) is 12.2. The highest BCUT2D eigenvalue weighted by atomic mass is 19.4. The molecule has 1 aliphatic rings. The Balaban J connectivity index is 2.16. The molecule has 0 amide bonds. The molecule has 0 saturated carbocycles. The van der Waals surface area contributed by atoms with Gasteiger partial charge in [-0.1, -0.05) is 17.6 Å². The SMILES string of the molecule is [B]c1ccc(N)c(N2CCC(OCC=C)(C(F)(F)F)CC2)c1. The van der Waals surface area contributed by atoms with Gasteiger partial charge in [0.2, 0.25) is 0 Å². The number of hydrogen-bond acceptors (Lipinski definition) is 3. The zero-order valence-electron chi connectivity index (χ0n) is 12.2. The molecular weight excluding hydrogens is 292 g/mol. The number of ether oxygens (including phenoxy) is 1. The molecule has 0 unspecified atom stereocenters. The van der Waals surface area contributed by atoms with Crippen molar-refractivity contribution in [2.45, 2.75) is 24.6 Å². The highest BCUT2D eigenvalue weighted by molar-refractivity contribution is 6.32. The number of piperidine rings is 1. The van der Waals surface area contributed by atoms with Gasteiger partial charge >= 0.3 is 6.18 Å². The van der Waals surface area contributed by atoms with E-state index in [1.807, 2.05) is 4.90 Å². The Hall–Kier alpha value is -1.63. The Morgan fingerprint density at radius 3 is 2.55 bits per heavy atom. The lowest BCUT2D eigenvalue weighted by atomic mass is 9.89. The lowest BCUT2D eigenvalue weighted by molar-refractivity contribution is -0.281. The van der Waals surface area contributed by atoms with Crippen molar-refractivity contribution in [2.24, 2.45) is 0 Å². The van der Waals surface area contributed by atoms with Crippen molar-refractivity contribution >= 4 is 24.7 Å².